The summed E-state index contributed by atoms with van der Waals surface area (Å²) in [5, 5.41) is 0. The lowest BCUT2D eigenvalue weighted by molar-refractivity contribution is 0.542. The molecule has 0 unspecified atom stereocenters. The maximum absolute atomic E-state index is 5.48. The van der Waals surface area contributed by atoms with Gasteiger partial charge in [-0.25, -0.2) is 4.98 Å². The maximum atomic E-state index is 5.48. The van der Waals surface area contributed by atoms with E-state index in [4.69, 9.17) is 10.2 Å². The molecule has 0 fully saturated rings. The second-order valence-electron chi connectivity index (χ2n) is 2.06. The molecule has 0 saturated carbocycles. The summed E-state index contributed by atoms with van der Waals surface area (Å²) in [4.78, 5) is 3.93. The van der Waals surface area contributed by atoms with Crippen LogP contribution in [0.1, 0.15) is 12.8 Å². The van der Waals surface area contributed by atoms with E-state index in [9.17, 15) is 0 Å². The van der Waals surface area contributed by atoms with Crippen LogP contribution < -0.4 is 5.73 Å². The van der Waals surface area contributed by atoms with Gasteiger partial charge in [0, 0.05) is 5.70 Å². The standard InChI is InChI=1S/C8H10N2O.C2H4/c1-3-7(6(2)9)8-10-4-5-11-8;1-2/h3-5H,2,9H2,1H3;1-2H2/b7-3+;. The molecule has 0 amide bonds. The molecule has 0 aliphatic rings. The summed E-state index contributed by atoms with van der Waals surface area (Å²) in [5.41, 5.74) is 6.69. The molecule has 3 heteroatoms. The fourth-order valence-corrected chi connectivity index (χ4v) is 0.803. The van der Waals surface area contributed by atoms with Crippen LogP contribution in [0.4, 0.5) is 0 Å². The van der Waals surface area contributed by atoms with Crippen LogP contribution in [0.2, 0.25) is 0 Å². The Morgan fingerprint density at radius 3 is 2.54 bits per heavy atom. The second kappa shape index (κ2) is 5.83. The highest BCUT2D eigenvalue weighted by Crippen LogP contribution is 2.15. The van der Waals surface area contributed by atoms with Gasteiger partial charge in [-0.2, -0.15) is 0 Å². The third-order valence-corrected chi connectivity index (χ3v) is 1.30. The number of nitrogens with zero attached hydrogens (tertiary/aromatic N) is 1. The van der Waals surface area contributed by atoms with Gasteiger partial charge < -0.3 is 10.2 Å². The molecule has 2 N–H and O–H groups in total. The first-order valence-electron chi connectivity index (χ1n) is 3.76. The third kappa shape index (κ3) is 2.99. The highest BCUT2D eigenvalue weighted by Gasteiger charge is 2.04. The van der Waals surface area contributed by atoms with Crippen molar-refractivity contribution in [3.05, 3.63) is 49.9 Å². The molecule has 13 heavy (non-hydrogen) atoms. The molecule has 0 bridgehead atoms. The Balaban J connectivity index is 0.000000671. The van der Waals surface area contributed by atoms with E-state index >= 15 is 0 Å². The van der Waals surface area contributed by atoms with Gasteiger partial charge in [-0.05, 0) is 6.92 Å². The number of allylic oxidation sites excluding steroid dienone is 2. The van der Waals surface area contributed by atoms with Gasteiger partial charge in [-0.1, -0.05) is 12.7 Å². The summed E-state index contributed by atoms with van der Waals surface area (Å²) >= 11 is 0. The summed E-state index contributed by atoms with van der Waals surface area (Å²) in [6.45, 7) is 11.5. The van der Waals surface area contributed by atoms with Gasteiger partial charge in [0.1, 0.15) is 6.26 Å². The van der Waals surface area contributed by atoms with Crippen molar-refractivity contribution in [3.63, 3.8) is 0 Å². The minimum absolute atomic E-state index is 0.468. The topological polar surface area (TPSA) is 52.0 Å². The summed E-state index contributed by atoms with van der Waals surface area (Å²) < 4.78 is 5.03. The van der Waals surface area contributed by atoms with E-state index < -0.39 is 0 Å². The lowest BCUT2D eigenvalue weighted by atomic mass is 10.2. The Hall–Kier alpha value is -1.77. The summed E-state index contributed by atoms with van der Waals surface area (Å²) in [7, 11) is 0. The van der Waals surface area contributed by atoms with Crippen molar-refractivity contribution < 1.29 is 4.42 Å². The van der Waals surface area contributed by atoms with Gasteiger partial charge in [0.25, 0.3) is 0 Å². The van der Waals surface area contributed by atoms with Gasteiger partial charge in [0.05, 0.1) is 11.8 Å². The molecule has 0 aromatic carbocycles. The quantitative estimate of drug-likeness (QED) is 0.558. The van der Waals surface area contributed by atoms with E-state index in [1.54, 1.807) is 6.20 Å². The summed E-state index contributed by atoms with van der Waals surface area (Å²) in [6.07, 6.45) is 4.89. The zero-order chi connectivity index (χ0) is 10.3. The van der Waals surface area contributed by atoms with Crippen molar-refractivity contribution in [2.75, 3.05) is 0 Å². The van der Waals surface area contributed by atoms with Crippen LogP contribution in [-0.2, 0) is 0 Å². The third-order valence-electron chi connectivity index (χ3n) is 1.30. The van der Waals surface area contributed by atoms with Crippen molar-refractivity contribution in [2.45, 2.75) is 6.92 Å². The fraction of sp³-hybridized carbons (Fsp3) is 0.100. The lowest BCUT2D eigenvalue weighted by Crippen LogP contribution is -1.98. The Labute approximate surface area is 78.3 Å². The molecule has 3 nitrogen and oxygen atoms in total. The lowest BCUT2D eigenvalue weighted by Gasteiger charge is -1.98. The number of aromatic nitrogens is 1. The molecule has 0 atom stereocenters. The minimum Gasteiger partial charge on any atom is -0.444 e. The van der Waals surface area contributed by atoms with Crippen LogP contribution in [-0.4, -0.2) is 4.98 Å². The van der Waals surface area contributed by atoms with Crippen molar-refractivity contribution in [1.82, 2.24) is 4.98 Å². The van der Waals surface area contributed by atoms with Crippen molar-refractivity contribution >= 4 is 5.57 Å². The van der Waals surface area contributed by atoms with E-state index in [-0.39, 0.29) is 0 Å². The molecule has 1 aromatic heterocycles. The zero-order valence-corrected chi connectivity index (χ0v) is 7.79. The Kier molecular flexibility index (Phi) is 5.03. The van der Waals surface area contributed by atoms with E-state index in [0.29, 0.717) is 11.6 Å². The highest BCUT2D eigenvalue weighted by molar-refractivity contribution is 5.71. The molecular formula is C10H14N2O. The number of hydrogen-bond donors (Lipinski definition) is 1. The molecular weight excluding hydrogens is 164 g/mol. The van der Waals surface area contributed by atoms with E-state index in [0.717, 1.165) is 5.57 Å². The minimum atomic E-state index is 0.468. The maximum Gasteiger partial charge on any atom is 0.227 e. The van der Waals surface area contributed by atoms with Crippen LogP contribution in [0, 0.1) is 0 Å². The first-order chi connectivity index (χ1) is 6.25. The molecule has 1 rings (SSSR count). The second-order valence-corrected chi connectivity index (χ2v) is 2.06. The largest absolute Gasteiger partial charge is 0.444 e. The number of oxazole rings is 1. The average Bonchev–Trinajstić information content (AvgIpc) is 2.62. The molecule has 0 radical (unpaired) electrons. The Morgan fingerprint density at radius 2 is 2.23 bits per heavy atom. The number of rotatable bonds is 2. The Bertz CT molecular complexity index is 286. The number of nitrogens with two attached hydrogens (primary N) is 1. The van der Waals surface area contributed by atoms with Gasteiger partial charge in [0.15, 0.2) is 0 Å². The summed E-state index contributed by atoms with van der Waals surface area (Å²) in [6, 6.07) is 0. The van der Waals surface area contributed by atoms with Gasteiger partial charge in [0.2, 0.25) is 5.89 Å². The van der Waals surface area contributed by atoms with E-state index in [1.807, 2.05) is 13.0 Å². The molecule has 70 valence electrons. The van der Waals surface area contributed by atoms with Crippen molar-refractivity contribution in [3.8, 4) is 0 Å². The first-order valence-corrected chi connectivity index (χ1v) is 3.76. The van der Waals surface area contributed by atoms with Crippen LogP contribution in [0.3, 0.4) is 0 Å². The SMILES string of the molecule is C=C.C=C(N)/C(=C\C)c1ncco1. The van der Waals surface area contributed by atoms with Gasteiger partial charge in [-0.3, -0.25) is 0 Å². The molecule has 1 aromatic rings. The average molecular weight is 178 g/mol. The Morgan fingerprint density at radius 1 is 1.62 bits per heavy atom. The highest BCUT2D eigenvalue weighted by atomic mass is 16.3. The van der Waals surface area contributed by atoms with E-state index in [2.05, 4.69) is 24.7 Å². The normalized spacial score (nSPS) is 10.1. The molecule has 0 saturated heterocycles. The first kappa shape index (κ1) is 11.2. The summed E-state index contributed by atoms with van der Waals surface area (Å²) in [5.74, 6) is 0.514. The monoisotopic (exact) mass is 178 g/mol. The molecule has 1 heterocycles. The van der Waals surface area contributed by atoms with Crippen LogP contribution in [0.5, 0.6) is 0 Å². The smallest absolute Gasteiger partial charge is 0.227 e. The van der Waals surface area contributed by atoms with Crippen molar-refractivity contribution in [1.29, 1.82) is 0 Å². The van der Waals surface area contributed by atoms with Gasteiger partial charge >= 0.3 is 0 Å². The molecule has 0 aliphatic carbocycles. The predicted octanol–water partition coefficient (Wildman–Crippen LogP) is 2.35. The van der Waals surface area contributed by atoms with Crippen LogP contribution in [0.15, 0.2) is 48.4 Å². The van der Waals surface area contributed by atoms with Gasteiger partial charge in [-0.15, -0.1) is 13.2 Å². The molecule has 0 aliphatic heterocycles. The fourth-order valence-electron chi connectivity index (χ4n) is 0.803. The van der Waals surface area contributed by atoms with Crippen LogP contribution in [0.25, 0.3) is 5.57 Å². The zero-order valence-electron chi connectivity index (χ0n) is 7.79. The molecule has 0 spiro atoms. The van der Waals surface area contributed by atoms with Crippen LogP contribution >= 0.6 is 0 Å². The predicted molar refractivity (Wildman–Crippen MR) is 54.7 cm³/mol. The number of hydrogen-bond acceptors (Lipinski definition) is 3. The van der Waals surface area contributed by atoms with Crippen molar-refractivity contribution in [2.24, 2.45) is 5.73 Å². The van der Waals surface area contributed by atoms with E-state index in [1.165, 1.54) is 6.26 Å².